The molecule has 2 heterocycles. The van der Waals surface area contributed by atoms with Crippen molar-refractivity contribution in [3.63, 3.8) is 0 Å². The van der Waals surface area contributed by atoms with E-state index in [1.54, 1.807) is 19.2 Å². The molecule has 2 fully saturated rings. The van der Waals surface area contributed by atoms with Gasteiger partial charge in [-0.3, -0.25) is 4.90 Å². The molecule has 2 saturated heterocycles. The number of hydrogen-bond acceptors (Lipinski definition) is 4. The molecule has 1 atom stereocenters. The molecule has 5 heteroatoms. The van der Waals surface area contributed by atoms with Crippen LogP contribution in [0.4, 0.5) is 4.39 Å². The van der Waals surface area contributed by atoms with Crippen LogP contribution in [0.3, 0.4) is 0 Å². The second-order valence-corrected chi connectivity index (χ2v) is 6.27. The second-order valence-electron chi connectivity index (χ2n) is 6.27. The van der Waals surface area contributed by atoms with Crippen molar-refractivity contribution in [2.75, 3.05) is 26.8 Å². The Kier molecular flexibility index (Phi) is 4.66. The number of halogens is 1. The molecular formula is C17H24FNO3. The van der Waals surface area contributed by atoms with E-state index in [0.29, 0.717) is 17.9 Å². The van der Waals surface area contributed by atoms with Gasteiger partial charge in [0, 0.05) is 31.8 Å². The van der Waals surface area contributed by atoms with Crippen molar-refractivity contribution >= 4 is 0 Å². The first kappa shape index (κ1) is 15.7. The lowest BCUT2D eigenvalue weighted by Crippen LogP contribution is -2.55. The molecule has 4 nitrogen and oxygen atoms in total. The van der Waals surface area contributed by atoms with Gasteiger partial charge in [0.15, 0.2) is 0 Å². The molecule has 1 aromatic rings. The zero-order chi connectivity index (χ0) is 15.6. The zero-order valence-corrected chi connectivity index (χ0v) is 13.1. The van der Waals surface area contributed by atoms with E-state index >= 15 is 0 Å². The Labute approximate surface area is 130 Å². The molecule has 1 spiro atoms. The fourth-order valence-corrected chi connectivity index (χ4v) is 3.59. The topological polar surface area (TPSA) is 41.9 Å². The van der Waals surface area contributed by atoms with Crippen LogP contribution in [0.25, 0.3) is 0 Å². The van der Waals surface area contributed by atoms with Crippen LogP contribution in [-0.4, -0.2) is 48.5 Å². The van der Waals surface area contributed by atoms with Crippen LogP contribution in [0.2, 0.25) is 0 Å². The highest BCUT2D eigenvalue weighted by Crippen LogP contribution is 2.36. The molecule has 0 aliphatic carbocycles. The van der Waals surface area contributed by atoms with Gasteiger partial charge in [-0.15, -0.1) is 0 Å². The van der Waals surface area contributed by atoms with Gasteiger partial charge in [-0.2, -0.15) is 0 Å². The Morgan fingerprint density at radius 1 is 1.41 bits per heavy atom. The number of nitrogens with zero attached hydrogens (tertiary/aromatic N) is 1. The minimum atomic E-state index is -0.381. The maximum atomic E-state index is 14.0. The number of likely N-dealkylation sites (tertiary alicyclic amines) is 1. The van der Waals surface area contributed by atoms with Crippen molar-refractivity contribution in [2.24, 2.45) is 0 Å². The molecule has 2 aliphatic rings. The molecule has 122 valence electrons. The number of rotatable bonds is 3. The first-order chi connectivity index (χ1) is 10.6. The van der Waals surface area contributed by atoms with E-state index < -0.39 is 0 Å². The number of hydrogen-bond donors (Lipinski definition) is 1. The Hall–Kier alpha value is -1.17. The number of methoxy groups -OCH3 is 1. The number of ether oxygens (including phenoxy) is 2. The lowest BCUT2D eigenvalue weighted by Gasteiger charge is -2.46. The van der Waals surface area contributed by atoms with Crippen molar-refractivity contribution < 1.29 is 19.0 Å². The molecule has 0 amide bonds. The third-order valence-electron chi connectivity index (χ3n) is 5.00. The monoisotopic (exact) mass is 309 g/mol. The number of aliphatic hydroxyl groups is 1. The minimum absolute atomic E-state index is 0.228. The molecule has 1 N–H and O–H groups in total. The first-order valence-corrected chi connectivity index (χ1v) is 8.00. The van der Waals surface area contributed by atoms with Crippen LogP contribution in [0.5, 0.6) is 5.75 Å². The lowest BCUT2D eigenvalue weighted by atomic mass is 9.82. The predicted octanol–water partition coefficient (Wildman–Crippen LogP) is 2.34. The van der Waals surface area contributed by atoms with Gasteiger partial charge in [0.1, 0.15) is 11.6 Å². The summed E-state index contributed by atoms with van der Waals surface area (Å²) in [5.74, 6) is 0.364. The summed E-state index contributed by atoms with van der Waals surface area (Å²) in [5, 5.41) is 10.3. The third kappa shape index (κ3) is 2.98. The highest BCUT2D eigenvalue weighted by atomic mass is 19.1. The van der Waals surface area contributed by atoms with Crippen molar-refractivity contribution in [3.05, 3.63) is 29.6 Å². The summed E-state index contributed by atoms with van der Waals surface area (Å²) < 4.78 is 25.2. The molecule has 0 saturated carbocycles. The van der Waals surface area contributed by atoms with Gasteiger partial charge in [-0.1, -0.05) is 6.07 Å². The van der Waals surface area contributed by atoms with Gasteiger partial charge >= 0.3 is 0 Å². The quantitative estimate of drug-likeness (QED) is 0.930. The molecule has 2 aliphatic heterocycles. The summed E-state index contributed by atoms with van der Waals surface area (Å²) in [7, 11) is 1.57. The average Bonchev–Trinajstić information content (AvgIpc) is 2.54. The highest BCUT2D eigenvalue weighted by molar-refractivity contribution is 5.34. The van der Waals surface area contributed by atoms with Gasteiger partial charge < -0.3 is 14.6 Å². The lowest BCUT2D eigenvalue weighted by molar-refractivity contribution is -0.177. The molecule has 0 bridgehead atoms. The first-order valence-electron chi connectivity index (χ1n) is 8.00. The van der Waals surface area contributed by atoms with Crippen LogP contribution < -0.4 is 4.74 Å². The van der Waals surface area contributed by atoms with Crippen LogP contribution in [0, 0.1) is 5.82 Å². The largest absolute Gasteiger partial charge is 0.496 e. The van der Waals surface area contributed by atoms with E-state index in [4.69, 9.17) is 9.47 Å². The molecule has 22 heavy (non-hydrogen) atoms. The zero-order valence-electron chi connectivity index (χ0n) is 13.1. The Bertz CT molecular complexity index is 515. The molecular weight excluding hydrogens is 285 g/mol. The van der Waals surface area contributed by atoms with Crippen LogP contribution >= 0.6 is 0 Å². The van der Waals surface area contributed by atoms with Crippen LogP contribution in [-0.2, 0) is 11.3 Å². The van der Waals surface area contributed by atoms with E-state index in [0.717, 1.165) is 45.4 Å². The summed E-state index contributed by atoms with van der Waals surface area (Å²) in [6.07, 6.45) is 2.97. The van der Waals surface area contributed by atoms with E-state index in [1.807, 2.05) is 0 Å². The summed E-state index contributed by atoms with van der Waals surface area (Å²) in [5.41, 5.74) is 0.222. The van der Waals surface area contributed by atoms with Crippen LogP contribution in [0.1, 0.15) is 31.2 Å². The fourth-order valence-electron chi connectivity index (χ4n) is 3.59. The number of piperidine rings is 1. The summed E-state index contributed by atoms with van der Waals surface area (Å²) in [6.45, 7) is 2.86. The van der Waals surface area contributed by atoms with E-state index in [9.17, 15) is 9.50 Å². The van der Waals surface area contributed by atoms with E-state index in [1.165, 1.54) is 6.07 Å². The van der Waals surface area contributed by atoms with E-state index in [2.05, 4.69) is 4.90 Å². The number of aliphatic hydroxyl groups excluding tert-OH is 1. The molecule has 0 radical (unpaired) electrons. The Morgan fingerprint density at radius 2 is 2.18 bits per heavy atom. The maximum absolute atomic E-state index is 14.0. The molecule has 1 aromatic carbocycles. The van der Waals surface area contributed by atoms with Gasteiger partial charge in [0.2, 0.25) is 0 Å². The third-order valence-corrected chi connectivity index (χ3v) is 5.00. The summed E-state index contributed by atoms with van der Waals surface area (Å²) in [6, 6.07) is 4.92. The van der Waals surface area contributed by atoms with Crippen molar-refractivity contribution in [1.82, 2.24) is 4.90 Å². The van der Waals surface area contributed by atoms with Gasteiger partial charge in [0.05, 0.1) is 18.8 Å². The van der Waals surface area contributed by atoms with Crippen molar-refractivity contribution in [2.45, 2.75) is 43.9 Å². The maximum Gasteiger partial charge on any atom is 0.131 e. The Morgan fingerprint density at radius 3 is 2.86 bits per heavy atom. The predicted molar refractivity (Wildman–Crippen MR) is 81.4 cm³/mol. The van der Waals surface area contributed by atoms with Gasteiger partial charge in [-0.25, -0.2) is 4.39 Å². The molecule has 0 aromatic heterocycles. The fraction of sp³-hybridized carbons (Fsp3) is 0.647. The summed E-state index contributed by atoms with van der Waals surface area (Å²) in [4.78, 5) is 2.21. The number of benzene rings is 1. The highest BCUT2D eigenvalue weighted by Gasteiger charge is 2.43. The normalized spacial score (nSPS) is 25.3. The minimum Gasteiger partial charge on any atom is -0.496 e. The SMILES string of the molecule is COc1cccc(F)c1CN1CCC2(CC1)OCCCC2O. The standard InChI is InChI=1S/C17H24FNO3/c1-21-15-5-2-4-14(18)13(15)12-19-9-7-17(8-10-19)16(20)6-3-11-22-17/h2,4-5,16,20H,3,6-12H2,1H3. The van der Waals surface area contributed by atoms with E-state index in [-0.39, 0.29) is 17.5 Å². The van der Waals surface area contributed by atoms with Crippen LogP contribution in [0.15, 0.2) is 18.2 Å². The van der Waals surface area contributed by atoms with Crippen molar-refractivity contribution in [1.29, 1.82) is 0 Å². The average molecular weight is 309 g/mol. The second kappa shape index (κ2) is 6.52. The van der Waals surface area contributed by atoms with Gasteiger partial charge in [-0.05, 0) is 37.8 Å². The Balaban J connectivity index is 1.65. The van der Waals surface area contributed by atoms with Crippen molar-refractivity contribution in [3.8, 4) is 5.75 Å². The molecule has 3 rings (SSSR count). The smallest absolute Gasteiger partial charge is 0.131 e. The van der Waals surface area contributed by atoms with Gasteiger partial charge in [0.25, 0.3) is 0 Å². The molecule has 1 unspecified atom stereocenters. The summed E-state index contributed by atoms with van der Waals surface area (Å²) >= 11 is 0.